The Bertz CT molecular complexity index is 470. The number of carbonyl (C=O) groups excluding carboxylic acids is 1. The van der Waals surface area contributed by atoms with Crippen molar-refractivity contribution in [3.05, 3.63) is 38.7 Å². The summed E-state index contributed by atoms with van der Waals surface area (Å²) in [7, 11) is 1.09. The number of hydrogen-bond donors (Lipinski definition) is 0. The van der Waals surface area contributed by atoms with Gasteiger partial charge in [0.2, 0.25) is 0 Å². The Morgan fingerprint density at radius 1 is 1.50 bits per heavy atom. The molecule has 0 atom stereocenters. The molecule has 0 spiro atoms. The maximum atomic E-state index is 13.6. The first-order valence-corrected chi connectivity index (χ1v) is 4.42. The summed E-state index contributed by atoms with van der Waals surface area (Å²) in [6.45, 7) is 2.67. The van der Waals surface area contributed by atoms with Crippen molar-refractivity contribution in [2.75, 3.05) is 7.11 Å². The number of carbonyl (C=O) groups is 1. The first-order valence-electron chi connectivity index (χ1n) is 4.42. The van der Waals surface area contributed by atoms with Crippen LogP contribution in [-0.2, 0) is 4.74 Å². The van der Waals surface area contributed by atoms with Crippen LogP contribution in [0.2, 0.25) is 0 Å². The number of ether oxygens (including phenoxy) is 1. The van der Waals surface area contributed by atoms with Crippen LogP contribution in [-0.4, -0.2) is 18.0 Å². The van der Waals surface area contributed by atoms with E-state index in [0.717, 1.165) is 13.2 Å². The van der Waals surface area contributed by atoms with E-state index >= 15 is 0 Å². The maximum absolute atomic E-state index is 13.6. The van der Waals surface area contributed by atoms with Crippen molar-refractivity contribution < 1.29 is 18.8 Å². The van der Waals surface area contributed by atoms with Gasteiger partial charge in [-0.05, 0) is 19.4 Å². The van der Waals surface area contributed by atoms with Crippen LogP contribution in [0.5, 0.6) is 0 Å². The highest BCUT2D eigenvalue weighted by atomic mass is 19.1. The average Bonchev–Trinajstić information content (AvgIpc) is 2.22. The summed E-state index contributed by atoms with van der Waals surface area (Å²) in [5.74, 6) is -1.70. The number of benzene rings is 1. The molecule has 0 aromatic heterocycles. The highest BCUT2D eigenvalue weighted by molar-refractivity contribution is 5.92. The van der Waals surface area contributed by atoms with Crippen LogP contribution in [0.25, 0.3) is 0 Å². The number of hydrogen-bond acceptors (Lipinski definition) is 4. The van der Waals surface area contributed by atoms with Crippen LogP contribution in [0.15, 0.2) is 6.07 Å². The molecule has 0 saturated heterocycles. The van der Waals surface area contributed by atoms with Crippen LogP contribution in [0.3, 0.4) is 0 Å². The third-order valence-electron chi connectivity index (χ3n) is 2.26. The molecule has 1 rings (SSSR count). The van der Waals surface area contributed by atoms with Gasteiger partial charge < -0.3 is 4.74 Å². The quantitative estimate of drug-likeness (QED) is 0.441. The van der Waals surface area contributed by atoms with E-state index < -0.39 is 16.7 Å². The van der Waals surface area contributed by atoms with Crippen molar-refractivity contribution in [3.63, 3.8) is 0 Å². The molecule has 0 radical (unpaired) electrons. The number of esters is 1. The van der Waals surface area contributed by atoms with Gasteiger partial charge in [0.15, 0.2) is 0 Å². The second-order valence-electron chi connectivity index (χ2n) is 3.28. The molecule has 0 aliphatic heterocycles. The summed E-state index contributed by atoms with van der Waals surface area (Å²) in [6, 6.07) is 1.09. The molecule has 0 fully saturated rings. The van der Waals surface area contributed by atoms with E-state index in [2.05, 4.69) is 4.74 Å². The van der Waals surface area contributed by atoms with Gasteiger partial charge in [0.25, 0.3) is 5.69 Å². The molecule has 0 N–H and O–H groups in total. The fraction of sp³-hybridized carbons (Fsp3) is 0.300. The van der Waals surface area contributed by atoms with E-state index in [0.29, 0.717) is 0 Å². The van der Waals surface area contributed by atoms with E-state index in [-0.39, 0.29) is 22.4 Å². The van der Waals surface area contributed by atoms with Crippen molar-refractivity contribution >= 4 is 11.7 Å². The highest BCUT2D eigenvalue weighted by Crippen LogP contribution is 2.27. The summed E-state index contributed by atoms with van der Waals surface area (Å²) in [5, 5.41) is 10.7. The second-order valence-corrected chi connectivity index (χ2v) is 3.28. The van der Waals surface area contributed by atoms with Crippen LogP contribution < -0.4 is 0 Å². The van der Waals surface area contributed by atoms with Gasteiger partial charge in [0.1, 0.15) is 11.4 Å². The molecule has 1 aromatic carbocycles. The Hall–Kier alpha value is -1.98. The van der Waals surface area contributed by atoms with Crippen molar-refractivity contribution in [3.8, 4) is 0 Å². The first-order chi connectivity index (χ1) is 7.40. The van der Waals surface area contributed by atoms with E-state index in [1.165, 1.54) is 13.8 Å². The zero-order chi connectivity index (χ0) is 12.5. The molecule has 0 amide bonds. The topological polar surface area (TPSA) is 69.4 Å². The van der Waals surface area contributed by atoms with E-state index in [1.807, 2.05) is 0 Å². The number of rotatable bonds is 2. The van der Waals surface area contributed by atoms with Gasteiger partial charge in [-0.2, -0.15) is 0 Å². The second kappa shape index (κ2) is 4.26. The third kappa shape index (κ3) is 1.86. The molecule has 16 heavy (non-hydrogen) atoms. The molecule has 86 valence electrons. The normalized spacial score (nSPS) is 10.0. The van der Waals surface area contributed by atoms with Crippen molar-refractivity contribution in [1.82, 2.24) is 0 Å². The monoisotopic (exact) mass is 227 g/mol. The van der Waals surface area contributed by atoms with Crippen molar-refractivity contribution in [2.45, 2.75) is 13.8 Å². The molecule has 0 heterocycles. The Morgan fingerprint density at radius 2 is 2.06 bits per heavy atom. The highest BCUT2D eigenvalue weighted by Gasteiger charge is 2.25. The number of nitro groups is 1. The SMILES string of the molecule is COC(=O)c1c(C)c([N+](=O)[O-])cc(C)c1F. The Labute approximate surface area is 91.0 Å². The van der Waals surface area contributed by atoms with Crippen LogP contribution in [0.1, 0.15) is 21.5 Å². The van der Waals surface area contributed by atoms with E-state index in [4.69, 9.17) is 0 Å². The lowest BCUT2D eigenvalue weighted by Crippen LogP contribution is -2.10. The van der Waals surface area contributed by atoms with Gasteiger partial charge in [-0.1, -0.05) is 0 Å². The van der Waals surface area contributed by atoms with Gasteiger partial charge >= 0.3 is 5.97 Å². The predicted molar refractivity (Wildman–Crippen MR) is 53.9 cm³/mol. The summed E-state index contributed by atoms with van der Waals surface area (Å²) >= 11 is 0. The van der Waals surface area contributed by atoms with Crippen molar-refractivity contribution in [2.24, 2.45) is 0 Å². The van der Waals surface area contributed by atoms with Gasteiger partial charge in [0, 0.05) is 11.6 Å². The molecule has 6 heteroatoms. The molecule has 0 saturated carbocycles. The lowest BCUT2D eigenvalue weighted by atomic mass is 10.0. The third-order valence-corrected chi connectivity index (χ3v) is 2.26. The standard InChI is InChI=1S/C10H10FNO4/c1-5-4-7(12(14)15)6(2)8(9(5)11)10(13)16-3/h4H,1-3H3. The van der Waals surface area contributed by atoms with E-state index in [1.54, 1.807) is 0 Å². The predicted octanol–water partition coefficient (Wildman–Crippen LogP) is 2.14. The maximum Gasteiger partial charge on any atom is 0.341 e. The molecule has 5 nitrogen and oxygen atoms in total. The molecule has 1 aromatic rings. The van der Waals surface area contributed by atoms with Crippen LogP contribution >= 0.6 is 0 Å². The first kappa shape index (κ1) is 12.1. The molecule has 0 aliphatic carbocycles. The minimum atomic E-state index is -0.915. The van der Waals surface area contributed by atoms with Crippen LogP contribution in [0, 0.1) is 29.8 Å². The van der Waals surface area contributed by atoms with Gasteiger partial charge in [-0.25, -0.2) is 9.18 Å². The molecular weight excluding hydrogens is 217 g/mol. The summed E-state index contributed by atoms with van der Waals surface area (Å²) in [6.07, 6.45) is 0. The number of halogens is 1. The van der Waals surface area contributed by atoms with Crippen molar-refractivity contribution in [1.29, 1.82) is 0 Å². The molecule has 0 unspecified atom stereocenters. The fourth-order valence-electron chi connectivity index (χ4n) is 1.40. The van der Waals surface area contributed by atoms with E-state index in [9.17, 15) is 19.3 Å². The minimum absolute atomic E-state index is 0.0278. The van der Waals surface area contributed by atoms with Gasteiger partial charge in [-0.3, -0.25) is 10.1 Å². The Morgan fingerprint density at radius 3 is 2.50 bits per heavy atom. The summed E-state index contributed by atoms with van der Waals surface area (Å²) < 4.78 is 18.0. The summed E-state index contributed by atoms with van der Waals surface area (Å²) in [4.78, 5) is 21.3. The van der Waals surface area contributed by atoms with Crippen LogP contribution in [0.4, 0.5) is 10.1 Å². The minimum Gasteiger partial charge on any atom is -0.465 e. The fourth-order valence-corrected chi connectivity index (χ4v) is 1.40. The van der Waals surface area contributed by atoms with Gasteiger partial charge in [-0.15, -0.1) is 0 Å². The smallest absolute Gasteiger partial charge is 0.341 e. The molecular formula is C10H10FNO4. The Balaban J connectivity index is 3.58. The number of methoxy groups -OCH3 is 1. The zero-order valence-electron chi connectivity index (χ0n) is 9.04. The molecule has 0 aliphatic rings. The Kier molecular flexibility index (Phi) is 3.22. The lowest BCUT2D eigenvalue weighted by Gasteiger charge is -2.08. The zero-order valence-corrected chi connectivity index (χ0v) is 9.04. The number of nitro benzene ring substituents is 1. The summed E-state index contributed by atoms with van der Waals surface area (Å²) in [5.41, 5.74) is -0.661. The van der Waals surface area contributed by atoms with Gasteiger partial charge in [0.05, 0.1) is 12.0 Å². The largest absolute Gasteiger partial charge is 0.465 e. The molecule has 0 bridgehead atoms. The number of aryl methyl sites for hydroxylation is 1. The number of nitrogens with zero attached hydrogens (tertiary/aromatic N) is 1. The lowest BCUT2D eigenvalue weighted by molar-refractivity contribution is -0.385. The average molecular weight is 227 g/mol.